The molecule has 18 heavy (non-hydrogen) atoms. The number of rotatable bonds is 7. The molecule has 1 aromatic heterocycles. The Labute approximate surface area is 115 Å². The third kappa shape index (κ3) is 4.38. The van der Waals surface area contributed by atoms with Crippen LogP contribution in [0.1, 0.15) is 48.4 Å². The largest absolute Gasteiger partial charge is 0.314 e. The fourth-order valence-electron chi connectivity index (χ4n) is 2.46. The molecule has 3 heteroatoms. The van der Waals surface area contributed by atoms with Crippen molar-refractivity contribution in [2.24, 2.45) is 0 Å². The van der Waals surface area contributed by atoms with Gasteiger partial charge in [-0.25, -0.2) is 0 Å². The molecule has 0 radical (unpaired) electrons. The van der Waals surface area contributed by atoms with Crippen LogP contribution in [0.15, 0.2) is 6.07 Å². The van der Waals surface area contributed by atoms with E-state index in [2.05, 4.69) is 30.5 Å². The maximum Gasteiger partial charge on any atom is 0.0299 e. The van der Waals surface area contributed by atoms with E-state index in [1.165, 1.54) is 37.0 Å². The number of fused-ring (bicyclic) bond motifs is 1. The number of hydrogen-bond donors (Lipinski definition) is 2. The lowest BCUT2D eigenvalue weighted by molar-refractivity contribution is 0.548. The summed E-state index contributed by atoms with van der Waals surface area (Å²) in [7, 11) is 0. The van der Waals surface area contributed by atoms with Crippen molar-refractivity contribution in [3.63, 3.8) is 0 Å². The summed E-state index contributed by atoms with van der Waals surface area (Å²) in [4.78, 5) is 3.18. The Balaban J connectivity index is 1.63. The van der Waals surface area contributed by atoms with E-state index in [0.717, 1.165) is 19.6 Å². The maximum absolute atomic E-state index is 3.55. The highest BCUT2D eigenvalue weighted by Crippen LogP contribution is 2.29. The van der Waals surface area contributed by atoms with Gasteiger partial charge in [-0.15, -0.1) is 11.3 Å². The lowest BCUT2D eigenvalue weighted by Gasteiger charge is -2.08. The summed E-state index contributed by atoms with van der Waals surface area (Å²) < 4.78 is 0. The summed E-state index contributed by atoms with van der Waals surface area (Å²) in [5, 5.41) is 7.00. The highest BCUT2D eigenvalue weighted by molar-refractivity contribution is 7.12. The standard InChI is InChI=1S/C15H26N2S/c1-12(2)17-9-5-8-16-11-14-10-13-6-3-4-7-15(13)18-14/h10,12,16-17H,3-9,11H2,1-2H3. The smallest absolute Gasteiger partial charge is 0.0299 e. The van der Waals surface area contributed by atoms with E-state index in [1.807, 2.05) is 11.3 Å². The van der Waals surface area contributed by atoms with E-state index in [9.17, 15) is 0 Å². The molecule has 0 atom stereocenters. The number of nitrogens with one attached hydrogen (secondary N) is 2. The molecule has 0 fully saturated rings. The Hall–Kier alpha value is -0.380. The van der Waals surface area contributed by atoms with Crippen molar-refractivity contribution in [1.82, 2.24) is 10.6 Å². The number of thiophene rings is 1. The van der Waals surface area contributed by atoms with Gasteiger partial charge in [-0.05, 0) is 56.8 Å². The molecule has 102 valence electrons. The Bertz CT molecular complexity index is 334. The zero-order valence-corrected chi connectivity index (χ0v) is 12.5. The van der Waals surface area contributed by atoms with Crippen LogP contribution in [0.2, 0.25) is 0 Å². The first kappa shape index (κ1) is 14.0. The van der Waals surface area contributed by atoms with Crippen LogP contribution in [0.3, 0.4) is 0 Å². The Morgan fingerprint density at radius 3 is 2.83 bits per heavy atom. The average molecular weight is 266 g/mol. The van der Waals surface area contributed by atoms with Crippen LogP contribution in [-0.4, -0.2) is 19.1 Å². The molecule has 1 aliphatic rings. The predicted octanol–water partition coefficient (Wildman–Crippen LogP) is 3.10. The Morgan fingerprint density at radius 2 is 2.06 bits per heavy atom. The zero-order chi connectivity index (χ0) is 12.8. The minimum absolute atomic E-state index is 0.606. The van der Waals surface area contributed by atoms with Gasteiger partial charge in [0.15, 0.2) is 0 Å². The van der Waals surface area contributed by atoms with Gasteiger partial charge in [0.25, 0.3) is 0 Å². The molecule has 1 aliphatic carbocycles. The van der Waals surface area contributed by atoms with Crippen molar-refractivity contribution in [2.75, 3.05) is 13.1 Å². The van der Waals surface area contributed by atoms with Crippen molar-refractivity contribution in [1.29, 1.82) is 0 Å². The van der Waals surface area contributed by atoms with Crippen LogP contribution in [0.25, 0.3) is 0 Å². The van der Waals surface area contributed by atoms with Gasteiger partial charge in [-0.1, -0.05) is 13.8 Å². The first-order valence-corrected chi connectivity index (χ1v) is 8.12. The molecule has 2 nitrogen and oxygen atoms in total. The van der Waals surface area contributed by atoms with E-state index in [4.69, 9.17) is 0 Å². The molecular weight excluding hydrogens is 240 g/mol. The van der Waals surface area contributed by atoms with Crippen molar-refractivity contribution in [2.45, 2.75) is 58.5 Å². The van der Waals surface area contributed by atoms with E-state index in [1.54, 1.807) is 10.4 Å². The van der Waals surface area contributed by atoms with E-state index >= 15 is 0 Å². The van der Waals surface area contributed by atoms with Crippen molar-refractivity contribution in [3.8, 4) is 0 Å². The van der Waals surface area contributed by atoms with Gasteiger partial charge in [0, 0.05) is 22.3 Å². The second kappa shape index (κ2) is 7.27. The zero-order valence-electron chi connectivity index (χ0n) is 11.7. The normalized spacial score (nSPS) is 15.1. The highest BCUT2D eigenvalue weighted by Gasteiger charge is 2.12. The van der Waals surface area contributed by atoms with Crippen molar-refractivity contribution >= 4 is 11.3 Å². The molecule has 2 N–H and O–H groups in total. The average Bonchev–Trinajstić information content (AvgIpc) is 2.75. The minimum Gasteiger partial charge on any atom is -0.314 e. The second-order valence-corrected chi connectivity index (χ2v) is 6.73. The molecular formula is C15H26N2S. The van der Waals surface area contributed by atoms with Crippen LogP contribution < -0.4 is 10.6 Å². The molecule has 1 aromatic rings. The minimum atomic E-state index is 0.606. The third-order valence-corrected chi connectivity index (χ3v) is 4.67. The van der Waals surface area contributed by atoms with Crippen LogP contribution in [0, 0.1) is 0 Å². The van der Waals surface area contributed by atoms with Crippen LogP contribution in [0.5, 0.6) is 0 Å². The molecule has 0 aliphatic heterocycles. The van der Waals surface area contributed by atoms with Crippen LogP contribution in [-0.2, 0) is 19.4 Å². The lowest BCUT2D eigenvalue weighted by Crippen LogP contribution is -2.26. The summed E-state index contributed by atoms with van der Waals surface area (Å²) in [6.45, 7) is 7.68. The fourth-order valence-corrected chi connectivity index (χ4v) is 3.69. The summed E-state index contributed by atoms with van der Waals surface area (Å²) >= 11 is 2.03. The van der Waals surface area contributed by atoms with Crippen molar-refractivity contribution < 1.29 is 0 Å². The molecule has 0 saturated heterocycles. The lowest BCUT2D eigenvalue weighted by atomic mass is 9.99. The van der Waals surface area contributed by atoms with Gasteiger partial charge in [0.1, 0.15) is 0 Å². The first-order chi connectivity index (χ1) is 8.75. The van der Waals surface area contributed by atoms with Gasteiger partial charge in [0.2, 0.25) is 0 Å². The summed E-state index contributed by atoms with van der Waals surface area (Å²) in [5.74, 6) is 0. The Kier molecular flexibility index (Phi) is 5.67. The number of aryl methyl sites for hydroxylation is 2. The van der Waals surface area contributed by atoms with Crippen molar-refractivity contribution in [3.05, 3.63) is 21.4 Å². The van der Waals surface area contributed by atoms with Crippen LogP contribution >= 0.6 is 11.3 Å². The summed E-state index contributed by atoms with van der Waals surface area (Å²) in [5.41, 5.74) is 1.63. The fraction of sp³-hybridized carbons (Fsp3) is 0.733. The van der Waals surface area contributed by atoms with Gasteiger partial charge in [-0.2, -0.15) is 0 Å². The second-order valence-electron chi connectivity index (χ2n) is 5.51. The quantitative estimate of drug-likeness (QED) is 0.741. The monoisotopic (exact) mass is 266 g/mol. The summed E-state index contributed by atoms with van der Waals surface area (Å²) in [6.07, 6.45) is 6.62. The van der Waals surface area contributed by atoms with Gasteiger partial charge in [-0.3, -0.25) is 0 Å². The highest BCUT2D eigenvalue weighted by atomic mass is 32.1. The molecule has 0 bridgehead atoms. The molecule has 2 rings (SSSR count). The van der Waals surface area contributed by atoms with E-state index in [-0.39, 0.29) is 0 Å². The van der Waals surface area contributed by atoms with Crippen LogP contribution in [0.4, 0.5) is 0 Å². The molecule has 0 spiro atoms. The maximum atomic E-state index is 3.55. The summed E-state index contributed by atoms with van der Waals surface area (Å²) in [6, 6.07) is 3.03. The third-order valence-electron chi connectivity index (χ3n) is 3.43. The van der Waals surface area contributed by atoms with Gasteiger partial charge >= 0.3 is 0 Å². The molecule has 0 unspecified atom stereocenters. The SMILES string of the molecule is CC(C)NCCCNCc1cc2c(s1)CCCC2. The number of hydrogen-bond acceptors (Lipinski definition) is 3. The van der Waals surface area contributed by atoms with E-state index in [0.29, 0.717) is 6.04 Å². The molecule has 0 amide bonds. The molecule has 0 aromatic carbocycles. The predicted molar refractivity (Wildman–Crippen MR) is 80.4 cm³/mol. The first-order valence-electron chi connectivity index (χ1n) is 7.30. The topological polar surface area (TPSA) is 24.1 Å². The Morgan fingerprint density at radius 1 is 1.22 bits per heavy atom. The van der Waals surface area contributed by atoms with Gasteiger partial charge in [0.05, 0.1) is 0 Å². The molecule has 1 heterocycles. The van der Waals surface area contributed by atoms with E-state index < -0.39 is 0 Å². The van der Waals surface area contributed by atoms with Gasteiger partial charge < -0.3 is 10.6 Å². The molecule has 0 saturated carbocycles.